The molecule has 23 heavy (non-hydrogen) atoms. The van der Waals surface area contributed by atoms with Crippen LogP contribution in [-0.4, -0.2) is 30.6 Å². The predicted octanol–water partition coefficient (Wildman–Crippen LogP) is 3.14. The smallest absolute Gasteiger partial charge is 0.224 e. The van der Waals surface area contributed by atoms with Gasteiger partial charge in [0.25, 0.3) is 0 Å². The molecule has 0 radical (unpaired) electrons. The van der Waals surface area contributed by atoms with Gasteiger partial charge in [-0.15, -0.1) is 5.12 Å². The number of nitrogens with zero attached hydrogens (tertiary/aromatic N) is 2. The molecule has 1 aromatic carbocycles. The summed E-state index contributed by atoms with van der Waals surface area (Å²) in [5.41, 5.74) is 4.05. The Morgan fingerprint density at radius 1 is 0.913 bits per heavy atom. The summed E-state index contributed by atoms with van der Waals surface area (Å²) < 4.78 is 26.5. The zero-order valence-corrected chi connectivity index (χ0v) is 15.6. The minimum absolute atomic E-state index is 0.0228. The first-order valence-corrected chi connectivity index (χ1v) is 9.55. The van der Waals surface area contributed by atoms with Crippen LogP contribution in [0.1, 0.15) is 41.5 Å². The minimum atomic E-state index is -3.59. The predicted molar refractivity (Wildman–Crippen MR) is 92.6 cm³/mol. The molecule has 0 saturated carbocycles. The molecule has 1 aliphatic heterocycles. The lowest BCUT2D eigenvalue weighted by Gasteiger charge is -2.36. The van der Waals surface area contributed by atoms with Crippen LogP contribution in [0.15, 0.2) is 46.0 Å². The molecule has 1 aromatic rings. The third kappa shape index (κ3) is 3.23. The van der Waals surface area contributed by atoms with Gasteiger partial charge in [0, 0.05) is 12.1 Å². The zero-order chi connectivity index (χ0) is 17.4. The number of rotatable bonds is 5. The number of allylic oxidation sites excluding steroid dienone is 1. The monoisotopic (exact) mass is 337 g/mol. The number of sulfone groups is 1. The molecule has 0 saturated heterocycles. The third-order valence-corrected chi connectivity index (χ3v) is 5.58. The Kier molecular flexibility index (Phi) is 5.06. The Morgan fingerprint density at radius 2 is 1.48 bits per heavy atom. The molecule has 128 valence electrons. The van der Waals surface area contributed by atoms with E-state index in [-0.39, 0.29) is 18.0 Å². The summed E-state index contributed by atoms with van der Waals surface area (Å²) in [6.07, 6.45) is 0. The SMILES string of the molecule is CC(C)C1=C(S(=O)(=O)c2ccccc2)N(C(C)C)N(C(C)C)N1. The largest absolute Gasteiger partial charge is 0.302 e. The summed E-state index contributed by atoms with van der Waals surface area (Å²) in [5.74, 6) is 0.0773. The first kappa shape index (κ1) is 17.8. The lowest BCUT2D eigenvalue weighted by molar-refractivity contribution is -0.0506. The molecule has 0 atom stereocenters. The third-order valence-electron chi connectivity index (χ3n) is 3.77. The summed E-state index contributed by atoms with van der Waals surface area (Å²) in [5, 5.41) is 4.14. The molecule has 0 unspecified atom stereocenters. The van der Waals surface area contributed by atoms with E-state index in [4.69, 9.17) is 0 Å². The highest BCUT2D eigenvalue weighted by atomic mass is 32.2. The van der Waals surface area contributed by atoms with E-state index in [0.717, 1.165) is 5.70 Å². The van der Waals surface area contributed by atoms with Crippen LogP contribution >= 0.6 is 0 Å². The average Bonchev–Trinajstić information content (AvgIpc) is 2.90. The number of hydrazine groups is 2. The van der Waals surface area contributed by atoms with Crippen molar-refractivity contribution in [2.75, 3.05) is 0 Å². The van der Waals surface area contributed by atoms with Crippen molar-refractivity contribution in [1.29, 1.82) is 0 Å². The van der Waals surface area contributed by atoms with Crippen molar-refractivity contribution < 1.29 is 8.42 Å². The number of hydrogen-bond acceptors (Lipinski definition) is 5. The van der Waals surface area contributed by atoms with Crippen LogP contribution in [0.3, 0.4) is 0 Å². The first-order chi connectivity index (χ1) is 10.7. The molecular formula is C17H27N3O2S. The maximum absolute atomic E-state index is 13.3. The van der Waals surface area contributed by atoms with Crippen LogP contribution in [0.4, 0.5) is 0 Å². The van der Waals surface area contributed by atoms with Gasteiger partial charge in [-0.05, 0) is 45.7 Å². The zero-order valence-electron chi connectivity index (χ0n) is 14.7. The average molecular weight is 337 g/mol. The molecule has 2 rings (SSSR count). The van der Waals surface area contributed by atoms with Gasteiger partial charge in [0.1, 0.15) is 0 Å². The number of hydrogen-bond donors (Lipinski definition) is 1. The molecule has 0 amide bonds. The van der Waals surface area contributed by atoms with Gasteiger partial charge in [0.2, 0.25) is 9.84 Å². The van der Waals surface area contributed by atoms with E-state index in [1.165, 1.54) is 0 Å². The van der Waals surface area contributed by atoms with Crippen LogP contribution in [0.2, 0.25) is 0 Å². The highest BCUT2D eigenvalue weighted by molar-refractivity contribution is 7.95. The molecule has 0 bridgehead atoms. The second-order valence-electron chi connectivity index (χ2n) is 6.68. The summed E-state index contributed by atoms with van der Waals surface area (Å²) >= 11 is 0. The molecule has 0 spiro atoms. The van der Waals surface area contributed by atoms with E-state index in [1.54, 1.807) is 24.3 Å². The van der Waals surface area contributed by atoms with Crippen LogP contribution in [-0.2, 0) is 9.84 Å². The molecule has 5 nitrogen and oxygen atoms in total. The molecular weight excluding hydrogens is 310 g/mol. The van der Waals surface area contributed by atoms with Gasteiger partial charge in [-0.1, -0.05) is 32.0 Å². The Labute approximate surface area is 139 Å². The van der Waals surface area contributed by atoms with Gasteiger partial charge < -0.3 is 5.43 Å². The van der Waals surface area contributed by atoms with Crippen LogP contribution < -0.4 is 5.43 Å². The van der Waals surface area contributed by atoms with E-state index < -0.39 is 9.84 Å². The second kappa shape index (κ2) is 6.53. The number of nitrogens with one attached hydrogen (secondary N) is 1. The van der Waals surface area contributed by atoms with Gasteiger partial charge in [-0.2, -0.15) is 0 Å². The second-order valence-corrected chi connectivity index (χ2v) is 8.54. The molecule has 0 aliphatic carbocycles. The lowest BCUT2D eigenvalue weighted by atomic mass is 10.1. The van der Waals surface area contributed by atoms with E-state index in [9.17, 15) is 8.42 Å². The fourth-order valence-corrected chi connectivity index (χ4v) is 4.52. The van der Waals surface area contributed by atoms with Gasteiger partial charge in [-0.3, -0.25) is 5.01 Å². The Morgan fingerprint density at radius 3 is 1.91 bits per heavy atom. The Balaban J connectivity index is 2.64. The van der Waals surface area contributed by atoms with E-state index >= 15 is 0 Å². The molecule has 1 aliphatic rings. The van der Waals surface area contributed by atoms with Crippen molar-refractivity contribution in [3.8, 4) is 0 Å². The summed E-state index contributed by atoms with van der Waals surface area (Å²) in [7, 11) is -3.59. The molecule has 0 aromatic heterocycles. The van der Waals surface area contributed by atoms with Crippen molar-refractivity contribution in [3.63, 3.8) is 0 Å². The van der Waals surface area contributed by atoms with Crippen LogP contribution in [0.5, 0.6) is 0 Å². The van der Waals surface area contributed by atoms with E-state index in [1.807, 2.05) is 57.7 Å². The fraction of sp³-hybridized carbons (Fsp3) is 0.529. The fourth-order valence-electron chi connectivity index (χ4n) is 2.66. The number of benzene rings is 1. The summed E-state index contributed by atoms with van der Waals surface area (Å²) in [6, 6.07) is 8.79. The topological polar surface area (TPSA) is 52.7 Å². The van der Waals surface area contributed by atoms with Gasteiger partial charge >= 0.3 is 0 Å². The van der Waals surface area contributed by atoms with E-state index in [0.29, 0.717) is 9.92 Å². The van der Waals surface area contributed by atoms with E-state index in [2.05, 4.69) is 5.43 Å². The molecule has 6 heteroatoms. The molecule has 1 N–H and O–H groups in total. The van der Waals surface area contributed by atoms with Crippen LogP contribution in [0, 0.1) is 5.92 Å². The Hall–Kier alpha value is -1.53. The Bertz CT molecular complexity index is 679. The lowest BCUT2D eigenvalue weighted by Crippen LogP contribution is -2.51. The van der Waals surface area contributed by atoms with Crippen molar-refractivity contribution in [2.45, 2.75) is 58.5 Å². The van der Waals surface area contributed by atoms with Crippen molar-refractivity contribution in [1.82, 2.24) is 15.6 Å². The van der Waals surface area contributed by atoms with Gasteiger partial charge in [-0.25, -0.2) is 8.42 Å². The summed E-state index contributed by atoms with van der Waals surface area (Å²) in [4.78, 5) is 0.325. The first-order valence-electron chi connectivity index (χ1n) is 8.07. The summed E-state index contributed by atoms with van der Waals surface area (Å²) in [6.45, 7) is 12.1. The van der Waals surface area contributed by atoms with Crippen molar-refractivity contribution in [2.24, 2.45) is 5.92 Å². The maximum Gasteiger partial charge on any atom is 0.224 e. The van der Waals surface area contributed by atoms with Crippen molar-refractivity contribution in [3.05, 3.63) is 41.1 Å². The highest BCUT2D eigenvalue weighted by Crippen LogP contribution is 2.34. The maximum atomic E-state index is 13.3. The van der Waals surface area contributed by atoms with Gasteiger partial charge in [0.15, 0.2) is 5.03 Å². The molecule has 0 fully saturated rings. The minimum Gasteiger partial charge on any atom is -0.302 e. The molecule has 1 heterocycles. The van der Waals surface area contributed by atoms with Crippen molar-refractivity contribution >= 4 is 9.84 Å². The quantitative estimate of drug-likeness (QED) is 0.894. The standard InChI is InChI=1S/C17H27N3O2S/c1-12(2)16-17(19(13(3)4)20(18-16)14(5)6)23(21,22)15-10-8-7-9-11-15/h7-14,18H,1-6H3. The highest BCUT2D eigenvalue weighted by Gasteiger charge is 2.41. The van der Waals surface area contributed by atoms with Gasteiger partial charge in [0.05, 0.1) is 10.6 Å². The van der Waals surface area contributed by atoms with Crippen LogP contribution in [0.25, 0.3) is 0 Å². The normalized spacial score (nSPS) is 16.8.